The summed E-state index contributed by atoms with van der Waals surface area (Å²) in [6.07, 6.45) is 3.26. The lowest BCUT2D eigenvalue weighted by atomic mass is 10.1. The molecule has 0 fully saturated rings. The summed E-state index contributed by atoms with van der Waals surface area (Å²) in [4.78, 5) is 16.1. The summed E-state index contributed by atoms with van der Waals surface area (Å²) >= 11 is 1.39. The van der Waals surface area contributed by atoms with Crippen molar-refractivity contribution in [2.75, 3.05) is 5.32 Å². The van der Waals surface area contributed by atoms with Crippen molar-refractivity contribution in [2.24, 2.45) is 0 Å². The number of anilines is 1. The summed E-state index contributed by atoms with van der Waals surface area (Å²) < 4.78 is 1.85. The van der Waals surface area contributed by atoms with Gasteiger partial charge in [-0.05, 0) is 27.7 Å². The largest absolute Gasteiger partial charge is 0.298 e. The monoisotopic (exact) mass is 264 g/mol. The lowest BCUT2D eigenvalue weighted by Gasteiger charge is -2.21. The highest BCUT2D eigenvalue weighted by molar-refractivity contribution is 7.13. The predicted octanol–water partition coefficient (Wildman–Crippen LogP) is 2.66. The van der Waals surface area contributed by atoms with Crippen molar-refractivity contribution in [1.82, 2.24) is 14.8 Å². The molecule has 2 rings (SSSR count). The zero-order valence-corrected chi connectivity index (χ0v) is 11.7. The SMILES string of the molecule is Cc1c(C(=O)Nc2nccs2)cnn1C(C)(C)C. The summed E-state index contributed by atoms with van der Waals surface area (Å²) in [7, 11) is 0. The molecule has 0 aliphatic carbocycles. The molecule has 96 valence electrons. The normalized spacial score (nSPS) is 11.6. The molecule has 18 heavy (non-hydrogen) atoms. The maximum atomic E-state index is 12.1. The highest BCUT2D eigenvalue weighted by atomic mass is 32.1. The molecule has 0 radical (unpaired) electrons. The second-order valence-electron chi connectivity index (χ2n) is 5.02. The number of hydrogen-bond donors (Lipinski definition) is 1. The van der Waals surface area contributed by atoms with Gasteiger partial charge < -0.3 is 0 Å². The number of carbonyl (C=O) groups excluding carboxylic acids is 1. The molecule has 0 aliphatic heterocycles. The summed E-state index contributed by atoms with van der Waals surface area (Å²) in [5.74, 6) is -0.169. The first-order valence-corrected chi connectivity index (χ1v) is 6.53. The van der Waals surface area contributed by atoms with Crippen LogP contribution < -0.4 is 5.32 Å². The van der Waals surface area contributed by atoms with Crippen molar-refractivity contribution in [1.29, 1.82) is 0 Å². The number of thiazole rings is 1. The van der Waals surface area contributed by atoms with Crippen LogP contribution in [0.5, 0.6) is 0 Å². The molecule has 0 unspecified atom stereocenters. The fraction of sp³-hybridized carbons (Fsp3) is 0.417. The van der Waals surface area contributed by atoms with E-state index in [1.807, 2.05) is 17.0 Å². The third-order valence-corrected chi connectivity index (χ3v) is 3.23. The fourth-order valence-electron chi connectivity index (χ4n) is 1.76. The van der Waals surface area contributed by atoms with Crippen molar-refractivity contribution in [2.45, 2.75) is 33.2 Å². The highest BCUT2D eigenvalue weighted by Crippen LogP contribution is 2.19. The van der Waals surface area contributed by atoms with Gasteiger partial charge in [-0.25, -0.2) is 4.98 Å². The van der Waals surface area contributed by atoms with Crippen molar-refractivity contribution >= 4 is 22.4 Å². The number of amides is 1. The molecule has 0 aromatic carbocycles. The van der Waals surface area contributed by atoms with Gasteiger partial charge >= 0.3 is 0 Å². The van der Waals surface area contributed by atoms with Gasteiger partial charge in [0.2, 0.25) is 0 Å². The molecule has 0 spiro atoms. The van der Waals surface area contributed by atoms with Crippen LogP contribution in [-0.4, -0.2) is 20.7 Å². The number of nitrogens with zero attached hydrogens (tertiary/aromatic N) is 3. The van der Waals surface area contributed by atoms with Crippen LogP contribution in [0.2, 0.25) is 0 Å². The molecular weight excluding hydrogens is 248 g/mol. The minimum absolute atomic E-state index is 0.135. The second kappa shape index (κ2) is 4.53. The molecule has 0 saturated heterocycles. The minimum Gasteiger partial charge on any atom is -0.298 e. The Morgan fingerprint density at radius 2 is 2.17 bits per heavy atom. The van der Waals surface area contributed by atoms with Gasteiger partial charge in [-0.1, -0.05) is 0 Å². The van der Waals surface area contributed by atoms with E-state index in [-0.39, 0.29) is 11.4 Å². The molecular formula is C12H16N4OS. The Bertz CT molecular complexity index is 551. The first-order valence-electron chi connectivity index (χ1n) is 5.65. The van der Waals surface area contributed by atoms with Gasteiger partial charge in [0.15, 0.2) is 5.13 Å². The van der Waals surface area contributed by atoms with E-state index >= 15 is 0 Å². The third kappa shape index (κ3) is 2.43. The van der Waals surface area contributed by atoms with Gasteiger partial charge in [0.1, 0.15) is 0 Å². The smallest absolute Gasteiger partial charge is 0.260 e. The zero-order chi connectivity index (χ0) is 13.3. The van der Waals surface area contributed by atoms with Crippen LogP contribution in [0.1, 0.15) is 36.8 Å². The third-order valence-electron chi connectivity index (χ3n) is 2.54. The number of hydrogen-bond acceptors (Lipinski definition) is 4. The molecule has 0 bridgehead atoms. The van der Waals surface area contributed by atoms with Crippen LogP contribution in [0.15, 0.2) is 17.8 Å². The van der Waals surface area contributed by atoms with Crippen molar-refractivity contribution in [3.8, 4) is 0 Å². The van der Waals surface area contributed by atoms with Crippen LogP contribution in [-0.2, 0) is 5.54 Å². The molecule has 2 heterocycles. The first kappa shape index (κ1) is 12.8. The van der Waals surface area contributed by atoms with Gasteiger partial charge in [0, 0.05) is 17.3 Å². The van der Waals surface area contributed by atoms with Gasteiger partial charge in [-0.2, -0.15) is 5.10 Å². The summed E-state index contributed by atoms with van der Waals surface area (Å²) in [6, 6.07) is 0. The Balaban J connectivity index is 2.24. The topological polar surface area (TPSA) is 59.8 Å². The Hall–Kier alpha value is -1.69. The standard InChI is InChI=1S/C12H16N4OS/c1-8-9(7-14-16(8)12(2,3)4)10(17)15-11-13-5-6-18-11/h5-7H,1-4H3,(H,13,15,17). The van der Waals surface area contributed by atoms with Crippen LogP contribution in [0.4, 0.5) is 5.13 Å². The lowest BCUT2D eigenvalue weighted by Crippen LogP contribution is -2.25. The van der Waals surface area contributed by atoms with E-state index in [1.54, 1.807) is 12.4 Å². The lowest BCUT2D eigenvalue weighted by molar-refractivity contribution is 0.102. The Morgan fingerprint density at radius 1 is 1.44 bits per heavy atom. The fourth-order valence-corrected chi connectivity index (χ4v) is 2.28. The second-order valence-corrected chi connectivity index (χ2v) is 5.91. The maximum absolute atomic E-state index is 12.1. The number of nitrogens with one attached hydrogen (secondary N) is 1. The average molecular weight is 264 g/mol. The number of rotatable bonds is 2. The van der Waals surface area contributed by atoms with E-state index in [0.717, 1.165) is 5.69 Å². The van der Waals surface area contributed by atoms with E-state index < -0.39 is 0 Å². The molecule has 2 aromatic heterocycles. The Kier molecular flexibility index (Phi) is 3.21. The van der Waals surface area contributed by atoms with Gasteiger partial charge in [-0.15, -0.1) is 11.3 Å². The van der Waals surface area contributed by atoms with Crippen LogP contribution in [0.3, 0.4) is 0 Å². The van der Waals surface area contributed by atoms with Gasteiger partial charge in [-0.3, -0.25) is 14.8 Å². The van der Waals surface area contributed by atoms with Crippen LogP contribution in [0, 0.1) is 6.92 Å². The molecule has 1 amide bonds. The van der Waals surface area contributed by atoms with Crippen molar-refractivity contribution in [3.63, 3.8) is 0 Å². The predicted molar refractivity (Wildman–Crippen MR) is 72.0 cm³/mol. The molecule has 0 aliphatic rings. The summed E-state index contributed by atoms with van der Waals surface area (Å²) in [5.41, 5.74) is 1.31. The molecule has 0 atom stereocenters. The van der Waals surface area contributed by atoms with E-state index in [9.17, 15) is 4.79 Å². The van der Waals surface area contributed by atoms with E-state index in [0.29, 0.717) is 10.7 Å². The Morgan fingerprint density at radius 3 is 2.67 bits per heavy atom. The highest BCUT2D eigenvalue weighted by Gasteiger charge is 2.21. The molecule has 2 aromatic rings. The first-order chi connectivity index (χ1) is 8.39. The van der Waals surface area contributed by atoms with Crippen molar-refractivity contribution in [3.05, 3.63) is 29.0 Å². The summed E-state index contributed by atoms with van der Waals surface area (Å²) in [5, 5.41) is 9.46. The van der Waals surface area contributed by atoms with E-state index in [2.05, 4.69) is 36.2 Å². The number of aromatic nitrogens is 3. The molecule has 0 saturated carbocycles. The molecule has 5 nitrogen and oxygen atoms in total. The van der Waals surface area contributed by atoms with Crippen LogP contribution in [0.25, 0.3) is 0 Å². The number of carbonyl (C=O) groups is 1. The minimum atomic E-state index is -0.169. The van der Waals surface area contributed by atoms with Gasteiger partial charge in [0.05, 0.1) is 17.3 Å². The quantitative estimate of drug-likeness (QED) is 0.907. The van der Waals surface area contributed by atoms with Gasteiger partial charge in [0.25, 0.3) is 5.91 Å². The molecule has 1 N–H and O–H groups in total. The zero-order valence-electron chi connectivity index (χ0n) is 10.9. The van der Waals surface area contributed by atoms with Crippen molar-refractivity contribution < 1.29 is 4.79 Å². The van der Waals surface area contributed by atoms with Crippen LogP contribution >= 0.6 is 11.3 Å². The van der Waals surface area contributed by atoms with E-state index in [4.69, 9.17) is 0 Å². The Labute approximate surface area is 110 Å². The average Bonchev–Trinajstić information content (AvgIpc) is 2.85. The maximum Gasteiger partial charge on any atom is 0.260 e. The summed E-state index contributed by atoms with van der Waals surface area (Å²) in [6.45, 7) is 8.05. The van der Waals surface area contributed by atoms with E-state index in [1.165, 1.54) is 11.3 Å². The molecule has 6 heteroatoms.